The van der Waals surface area contributed by atoms with Crippen LogP contribution < -0.4 is 9.47 Å². The number of rotatable bonds is 8. The van der Waals surface area contributed by atoms with Gasteiger partial charge in [-0.1, -0.05) is 27.7 Å². The Morgan fingerprint density at radius 1 is 0.658 bits per heavy atom. The number of carbonyl (C=O) groups excluding carboxylic acids is 2. The fraction of sp³-hybridized carbons (Fsp3) is 0.533. The van der Waals surface area contributed by atoms with Crippen LogP contribution >= 0.6 is 0 Å². The minimum Gasteiger partial charge on any atom is -0.491 e. The van der Waals surface area contributed by atoms with E-state index < -0.39 is 12.5 Å². The summed E-state index contributed by atoms with van der Waals surface area (Å²) in [5.74, 6) is 1.80. The van der Waals surface area contributed by atoms with Crippen molar-refractivity contribution in [2.24, 2.45) is 11.8 Å². The average molecular weight is 527 g/mol. The lowest BCUT2D eigenvalue weighted by Crippen LogP contribution is -2.31. The maximum Gasteiger partial charge on any atom is 0.256 e. The molecule has 2 amide bonds. The SMILES string of the molecule is CC(C)CN1C(=O)c2ccc(OC(C)C)cc2C1O.CC(C)CN1C(=O)c2ccc(OC(C)C)cc2C1O. The largest absolute Gasteiger partial charge is 0.491 e. The van der Waals surface area contributed by atoms with Crippen LogP contribution in [0.3, 0.4) is 0 Å². The highest BCUT2D eigenvalue weighted by Gasteiger charge is 2.37. The molecule has 0 radical (unpaired) electrons. The van der Waals surface area contributed by atoms with Gasteiger partial charge in [0.1, 0.15) is 11.5 Å². The van der Waals surface area contributed by atoms with Gasteiger partial charge in [0.25, 0.3) is 11.8 Å². The summed E-state index contributed by atoms with van der Waals surface area (Å²) in [5, 5.41) is 20.5. The van der Waals surface area contributed by atoms with Gasteiger partial charge in [-0.25, -0.2) is 0 Å². The highest BCUT2D eigenvalue weighted by Crippen LogP contribution is 2.36. The van der Waals surface area contributed by atoms with E-state index in [-0.39, 0.29) is 24.0 Å². The van der Waals surface area contributed by atoms with Crippen molar-refractivity contribution in [3.05, 3.63) is 58.7 Å². The minimum absolute atomic E-state index is 0.0686. The van der Waals surface area contributed by atoms with Crippen molar-refractivity contribution in [2.45, 2.75) is 80.1 Å². The average Bonchev–Trinajstić information content (AvgIpc) is 3.18. The van der Waals surface area contributed by atoms with Crippen LogP contribution in [0.4, 0.5) is 0 Å². The van der Waals surface area contributed by atoms with E-state index >= 15 is 0 Å². The summed E-state index contributed by atoms with van der Waals surface area (Å²) in [5.41, 5.74) is 2.43. The Balaban J connectivity index is 0.000000211. The summed E-state index contributed by atoms with van der Waals surface area (Å²) in [6.45, 7) is 17.0. The van der Waals surface area contributed by atoms with E-state index in [1.807, 2.05) is 55.4 Å². The van der Waals surface area contributed by atoms with E-state index in [1.54, 1.807) is 36.4 Å². The zero-order chi connectivity index (χ0) is 28.3. The Morgan fingerprint density at radius 2 is 1.00 bits per heavy atom. The Kier molecular flexibility index (Phi) is 9.44. The molecule has 38 heavy (non-hydrogen) atoms. The first-order valence-corrected chi connectivity index (χ1v) is 13.4. The normalized spacial score (nSPS) is 18.4. The number of fused-ring (bicyclic) bond motifs is 2. The molecule has 2 N–H and O–H groups in total. The molecule has 0 fully saturated rings. The third-order valence-electron chi connectivity index (χ3n) is 6.04. The third kappa shape index (κ3) is 6.66. The molecular formula is C30H42N2O6. The first-order chi connectivity index (χ1) is 17.8. The first-order valence-electron chi connectivity index (χ1n) is 13.4. The molecule has 4 rings (SSSR count). The zero-order valence-corrected chi connectivity index (χ0v) is 23.8. The van der Waals surface area contributed by atoms with Crippen molar-refractivity contribution in [3.63, 3.8) is 0 Å². The molecule has 2 atom stereocenters. The molecular weight excluding hydrogens is 484 g/mol. The van der Waals surface area contributed by atoms with Crippen molar-refractivity contribution in [2.75, 3.05) is 13.1 Å². The van der Waals surface area contributed by atoms with E-state index in [2.05, 4.69) is 0 Å². The Morgan fingerprint density at radius 3 is 1.29 bits per heavy atom. The van der Waals surface area contributed by atoms with Gasteiger partial charge in [-0.3, -0.25) is 9.59 Å². The summed E-state index contributed by atoms with van der Waals surface area (Å²) >= 11 is 0. The monoisotopic (exact) mass is 526 g/mol. The molecule has 0 spiro atoms. The molecule has 2 aliphatic heterocycles. The van der Waals surface area contributed by atoms with Crippen molar-refractivity contribution in [1.29, 1.82) is 0 Å². The molecule has 2 aliphatic rings. The smallest absolute Gasteiger partial charge is 0.256 e. The number of amides is 2. The number of ether oxygens (including phenoxy) is 2. The highest BCUT2D eigenvalue weighted by molar-refractivity contribution is 5.99. The quantitative estimate of drug-likeness (QED) is 0.493. The second-order valence-electron chi connectivity index (χ2n) is 11.3. The molecule has 0 aromatic heterocycles. The number of nitrogens with zero attached hydrogens (tertiary/aromatic N) is 2. The Bertz CT molecular complexity index is 1050. The van der Waals surface area contributed by atoms with Crippen LogP contribution in [0.15, 0.2) is 36.4 Å². The van der Waals surface area contributed by atoms with E-state index in [1.165, 1.54) is 9.80 Å². The van der Waals surface area contributed by atoms with Crippen molar-refractivity contribution < 1.29 is 29.3 Å². The fourth-order valence-electron chi connectivity index (χ4n) is 4.61. The topological polar surface area (TPSA) is 99.5 Å². The van der Waals surface area contributed by atoms with E-state index in [0.29, 0.717) is 58.7 Å². The number of aliphatic hydroxyl groups excluding tert-OH is 2. The molecule has 2 unspecified atom stereocenters. The first kappa shape index (κ1) is 29.5. The van der Waals surface area contributed by atoms with Gasteiger partial charge in [-0.2, -0.15) is 0 Å². The van der Waals surface area contributed by atoms with Gasteiger partial charge >= 0.3 is 0 Å². The maximum absolute atomic E-state index is 12.2. The van der Waals surface area contributed by atoms with Crippen LogP contribution in [-0.4, -0.2) is 57.1 Å². The second-order valence-corrected chi connectivity index (χ2v) is 11.3. The number of hydrogen-bond donors (Lipinski definition) is 2. The molecule has 8 nitrogen and oxygen atoms in total. The Labute approximate surface area is 226 Å². The van der Waals surface area contributed by atoms with Crippen LogP contribution in [0, 0.1) is 11.8 Å². The number of benzene rings is 2. The number of hydrogen-bond acceptors (Lipinski definition) is 6. The number of aliphatic hydroxyl groups is 2. The minimum atomic E-state index is -0.861. The van der Waals surface area contributed by atoms with Crippen LogP contribution in [0.5, 0.6) is 11.5 Å². The zero-order valence-electron chi connectivity index (χ0n) is 23.8. The standard InChI is InChI=1S/2C15H21NO3/c2*1-9(2)8-16-14(17)12-6-5-11(19-10(3)4)7-13(12)15(16)18/h2*5-7,9-10,15,18H,8H2,1-4H3. The molecule has 2 aromatic carbocycles. The second kappa shape index (κ2) is 12.2. The van der Waals surface area contributed by atoms with Crippen molar-refractivity contribution in [3.8, 4) is 11.5 Å². The van der Waals surface area contributed by atoms with E-state index in [9.17, 15) is 19.8 Å². The maximum atomic E-state index is 12.2. The van der Waals surface area contributed by atoms with E-state index in [4.69, 9.17) is 9.47 Å². The van der Waals surface area contributed by atoms with Crippen LogP contribution in [0.1, 0.15) is 99.7 Å². The Hall–Kier alpha value is -3.10. The van der Waals surface area contributed by atoms with Gasteiger partial charge in [0.05, 0.1) is 12.2 Å². The fourth-order valence-corrected chi connectivity index (χ4v) is 4.61. The summed E-state index contributed by atoms with van der Waals surface area (Å²) in [7, 11) is 0. The summed E-state index contributed by atoms with van der Waals surface area (Å²) < 4.78 is 11.2. The van der Waals surface area contributed by atoms with Gasteiger partial charge in [0.15, 0.2) is 12.5 Å². The predicted molar refractivity (Wildman–Crippen MR) is 146 cm³/mol. The lowest BCUT2D eigenvalue weighted by Gasteiger charge is -2.22. The van der Waals surface area contributed by atoms with Gasteiger partial charge < -0.3 is 29.5 Å². The van der Waals surface area contributed by atoms with E-state index in [0.717, 1.165) is 0 Å². The molecule has 2 heterocycles. The van der Waals surface area contributed by atoms with Crippen molar-refractivity contribution >= 4 is 11.8 Å². The van der Waals surface area contributed by atoms with Gasteiger partial charge in [-0.05, 0) is 75.9 Å². The third-order valence-corrected chi connectivity index (χ3v) is 6.04. The molecule has 208 valence electrons. The highest BCUT2D eigenvalue weighted by atomic mass is 16.5. The van der Waals surface area contributed by atoms with Crippen LogP contribution in [-0.2, 0) is 0 Å². The van der Waals surface area contributed by atoms with Gasteiger partial charge in [-0.15, -0.1) is 0 Å². The molecule has 0 saturated heterocycles. The summed E-state index contributed by atoms with van der Waals surface area (Å²) in [6, 6.07) is 10.6. The van der Waals surface area contributed by atoms with Gasteiger partial charge in [0, 0.05) is 35.3 Å². The molecule has 0 saturated carbocycles. The molecule has 8 heteroatoms. The predicted octanol–water partition coefficient (Wildman–Crippen LogP) is 5.15. The summed E-state index contributed by atoms with van der Waals surface area (Å²) in [4.78, 5) is 27.4. The van der Waals surface area contributed by atoms with Crippen molar-refractivity contribution in [1.82, 2.24) is 9.80 Å². The van der Waals surface area contributed by atoms with Crippen LogP contribution in [0.25, 0.3) is 0 Å². The summed E-state index contributed by atoms with van der Waals surface area (Å²) in [6.07, 6.45) is -1.58. The lowest BCUT2D eigenvalue weighted by molar-refractivity contribution is 0.0119. The van der Waals surface area contributed by atoms with Gasteiger partial charge in [0.2, 0.25) is 0 Å². The molecule has 0 bridgehead atoms. The molecule has 2 aromatic rings. The lowest BCUT2D eigenvalue weighted by atomic mass is 10.1. The molecule has 0 aliphatic carbocycles. The number of carbonyl (C=O) groups is 2. The van der Waals surface area contributed by atoms with Crippen LogP contribution in [0.2, 0.25) is 0 Å².